The van der Waals surface area contributed by atoms with Crippen molar-refractivity contribution < 1.29 is 9.59 Å². The molecule has 0 radical (unpaired) electrons. The molecule has 3 amide bonds. The van der Waals surface area contributed by atoms with Crippen LogP contribution in [0.3, 0.4) is 0 Å². The molecule has 0 spiro atoms. The number of carbonyl (C=O) groups is 2. The summed E-state index contributed by atoms with van der Waals surface area (Å²) in [4.78, 5) is 28.9. The molecule has 0 saturated carbocycles. The molecule has 0 unspecified atom stereocenters. The Balaban J connectivity index is 0.00000128. The second-order valence-electron chi connectivity index (χ2n) is 3.04. The summed E-state index contributed by atoms with van der Waals surface area (Å²) in [5.41, 5.74) is 0.718. The van der Waals surface area contributed by atoms with Gasteiger partial charge in [0.05, 0.1) is 0 Å². The predicted molar refractivity (Wildman–Crippen MR) is 62.2 cm³/mol. The van der Waals surface area contributed by atoms with Crippen molar-refractivity contribution in [1.29, 1.82) is 0 Å². The van der Waals surface area contributed by atoms with E-state index in [1.54, 1.807) is 24.5 Å². The summed E-state index contributed by atoms with van der Waals surface area (Å²) >= 11 is 5.26. The van der Waals surface area contributed by atoms with Gasteiger partial charge in [-0.1, -0.05) is 0 Å². The van der Waals surface area contributed by atoms with Crippen molar-refractivity contribution in [3.8, 4) is 0 Å². The molecule has 1 aromatic rings. The summed E-state index contributed by atoms with van der Waals surface area (Å²) in [6.45, 7) is 0.783. The number of rotatable bonds is 1. The molecule has 16 heavy (non-hydrogen) atoms. The lowest BCUT2D eigenvalue weighted by molar-refractivity contribution is 0.215. The van der Waals surface area contributed by atoms with E-state index in [1.807, 2.05) is 0 Å². The van der Waals surface area contributed by atoms with Crippen LogP contribution in [-0.2, 0) is 0 Å². The lowest BCUT2D eigenvalue weighted by Crippen LogP contribution is -2.33. The van der Waals surface area contributed by atoms with Crippen molar-refractivity contribution in [2.75, 3.05) is 18.0 Å². The van der Waals surface area contributed by atoms with Gasteiger partial charge < -0.3 is 0 Å². The number of imide groups is 1. The van der Waals surface area contributed by atoms with E-state index in [9.17, 15) is 9.59 Å². The first-order valence-electron chi connectivity index (χ1n) is 4.38. The molecule has 1 aromatic heterocycles. The van der Waals surface area contributed by atoms with Crippen LogP contribution in [0.2, 0.25) is 0 Å². The van der Waals surface area contributed by atoms with Crippen molar-refractivity contribution in [1.82, 2.24) is 9.88 Å². The van der Waals surface area contributed by atoms with Gasteiger partial charge in [-0.15, -0.1) is 12.4 Å². The van der Waals surface area contributed by atoms with E-state index < -0.39 is 5.37 Å². The Morgan fingerprint density at radius 2 is 1.94 bits per heavy atom. The first kappa shape index (κ1) is 12.7. The molecule has 1 aliphatic rings. The molecule has 0 aromatic carbocycles. The topological polar surface area (TPSA) is 53.5 Å². The molecule has 86 valence electrons. The Morgan fingerprint density at radius 3 is 2.44 bits per heavy atom. The summed E-state index contributed by atoms with van der Waals surface area (Å²) in [5.74, 6) is 0. The molecular formula is C9H9Cl2N3O2. The van der Waals surface area contributed by atoms with Crippen LogP contribution in [0.1, 0.15) is 0 Å². The van der Waals surface area contributed by atoms with E-state index in [1.165, 1.54) is 4.90 Å². The molecule has 0 aliphatic carbocycles. The minimum atomic E-state index is -0.739. The van der Waals surface area contributed by atoms with Gasteiger partial charge in [-0.3, -0.25) is 14.7 Å². The van der Waals surface area contributed by atoms with Gasteiger partial charge in [0.15, 0.2) is 0 Å². The molecule has 5 nitrogen and oxygen atoms in total. The molecule has 7 heteroatoms. The average molecular weight is 262 g/mol. The van der Waals surface area contributed by atoms with Crippen molar-refractivity contribution in [2.45, 2.75) is 0 Å². The number of anilines is 1. The smallest absolute Gasteiger partial charge is 0.292 e. The third-order valence-electron chi connectivity index (χ3n) is 2.20. The number of amides is 3. The number of urea groups is 1. The fourth-order valence-corrected chi connectivity index (χ4v) is 1.62. The summed E-state index contributed by atoms with van der Waals surface area (Å²) < 4.78 is 0. The van der Waals surface area contributed by atoms with E-state index >= 15 is 0 Å². The zero-order valence-electron chi connectivity index (χ0n) is 8.17. The Kier molecular flexibility index (Phi) is 4.09. The largest absolute Gasteiger partial charge is 0.332 e. The molecule has 0 bridgehead atoms. The van der Waals surface area contributed by atoms with Crippen LogP contribution >= 0.6 is 24.0 Å². The van der Waals surface area contributed by atoms with E-state index in [0.29, 0.717) is 13.1 Å². The zero-order chi connectivity index (χ0) is 10.8. The van der Waals surface area contributed by atoms with Crippen LogP contribution in [0, 0.1) is 0 Å². The number of aromatic nitrogens is 1. The molecule has 1 fully saturated rings. The fraction of sp³-hybridized carbons (Fsp3) is 0.222. The molecule has 1 aliphatic heterocycles. The Hall–Kier alpha value is -1.33. The minimum Gasteiger partial charge on any atom is -0.292 e. The highest BCUT2D eigenvalue weighted by Crippen LogP contribution is 2.19. The number of nitrogens with zero attached hydrogens (tertiary/aromatic N) is 3. The first-order valence-corrected chi connectivity index (χ1v) is 4.76. The van der Waals surface area contributed by atoms with Crippen LogP contribution in [0.15, 0.2) is 24.5 Å². The number of halogens is 2. The van der Waals surface area contributed by atoms with Crippen molar-refractivity contribution in [3.63, 3.8) is 0 Å². The van der Waals surface area contributed by atoms with Crippen molar-refractivity contribution >= 4 is 41.1 Å². The van der Waals surface area contributed by atoms with Crippen LogP contribution in [0.5, 0.6) is 0 Å². The standard InChI is InChI=1S/C9H8ClN3O2.ClH/c10-8(14)13-6-5-12(9(13)15)7-1-3-11-4-2-7;/h1-4H,5-6H2;1H. The highest BCUT2D eigenvalue weighted by atomic mass is 35.5. The maximum atomic E-state index is 11.7. The molecule has 0 N–H and O–H groups in total. The van der Waals surface area contributed by atoms with Gasteiger partial charge in [0, 0.05) is 31.2 Å². The molecular weight excluding hydrogens is 253 g/mol. The Labute approximate surface area is 103 Å². The van der Waals surface area contributed by atoms with Crippen LogP contribution < -0.4 is 4.90 Å². The predicted octanol–water partition coefficient (Wildman–Crippen LogP) is 2.10. The maximum Gasteiger partial charge on any atom is 0.332 e. The van der Waals surface area contributed by atoms with Crippen LogP contribution in [-0.4, -0.2) is 34.4 Å². The van der Waals surface area contributed by atoms with Crippen LogP contribution in [0.25, 0.3) is 0 Å². The van der Waals surface area contributed by atoms with Gasteiger partial charge in [-0.05, 0) is 23.7 Å². The number of hydrogen-bond acceptors (Lipinski definition) is 3. The third kappa shape index (κ3) is 2.25. The quantitative estimate of drug-likeness (QED) is 0.575. The van der Waals surface area contributed by atoms with E-state index in [0.717, 1.165) is 10.6 Å². The highest BCUT2D eigenvalue weighted by Gasteiger charge is 2.32. The van der Waals surface area contributed by atoms with Gasteiger partial charge in [-0.25, -0.2) is 9.69 Å². The summed E-state index contributed by atoms with van der Waals surface area (Å²) in [6, 6.07) is 3.03. The summed E-state index contributed by atoms with van der Waals surface area (Å²) in [5, 5.41) is -0.739. The maximum absolute atomic E-state index is 11.7. The molecule has 0 atom stereocenters. The average Bonchev–Trinajstić information content (AvgIpc) is 2.61. The number of pyridine rings is 1. The number of hydrogen-bond donors (Lipinski definition) is 0. The van der Waals surface area contributed by atoms with Gasteiger partial charge in [0.2, 0.25) is 0 Å². The summed E-state index contributed by atoms with van der Waals surface area (Å²) in [7, 11) is 0. The Bertz CT molecular complexity index is 399. The molecule has 2 rings (SSSR count). The second-order valence-corrected chi connectivity index (χ2v) is 3.37. The SMILES string of the molecule is Cl.O=C(Cl)N1CCN(c2ccncc2)C1=O. The monoisotopic (exact) mass is 261 g/mol. The lowest BCUT2D eigenvalue weighted by atomic mass is 10.4. The molecule has 2 heterocycles. The first-order chi connectivity index (χ1) is 7.20. The highest BCUT2D eigenvalue weighted by molar-refractivity contribution is 6.64. The Morgan fingerprint density at radius 1 is 1.31 bits per heavy atom. The lowest BCUT2D eigenvalue weighted by Gasteiger charge is -2.15. The van der Waals surface area contributed by atoms with E-state index in [-0.39, 0.29) is 18.4 Å². The molecule has 1 saturated heterocycles. The minimum absolute atomic E-state index is 0. The fourth-order valence-electron chi connectivity index (χ4n) is 1.46. The van der Waals surface area contributed by atoms with Crippen molar-refractivity contribution in [3.05, 3.63) is 24.5 Å². The van der Waals surface area contributed by atoms with Crippen LogP contribution in [0.4, 0.5) is 15.3 Å². The zero-order valence-corrected chi connectivity index (χ0v) is 9.74. The number of carbonyl (C=O) groups excluding carboxylic acids is 2. The van der Waals surface area contributed by atoms with Gasteiger partial charge in [0.25, 0.3) is 0 Å². The van der Waals surface area contributed by atoms with E-state index in [2.05, 4.69) is 4.98 Å². The van der Waals surface area contributed by atoms with E-state index in [4.69, 9.17) is 11.6 Å². The summed E-state index contributed by atoms with van der Waals surface area (Å²) in [6.07, 6.45) is 3.18. The van der Waals surface area contributed by atoms with Gasteiger partial charge in [0.1, 0.15) is 0 Å². The van der Waals surface area contributed by atoms with Crippen molar-refractivity contribution in [2.24, 2.45) is 0 Å². The van der Waals surface area contributed by atoms with Gasteiger partial charge >= 0.3 is 11.4 Å². The normalized spacial score (nSPS) is 14.9. The second kappa shape index (κ2) is 5.14. The third-order valence-corrected chi connectivity index (χ3v) is 2.40. The van der Waals surface area contributed by atoms with Gasteiger partial charge in [-0.2, -0.15) is 0 Å².